The van der Waals surface area contributed by atoms with Gasteiger partial charge in [0.1, 0.15) is 12.4 Å². The number of hydrogen-bond donors (Lipinski definition) is 0. The molecule has 3 aromatic carbocycles. The van der Waals surface area contributed by atoms with E-state index in [9.17, 15) is 4.79 Å². The van der Waals surface area contributed by atoms with E-state index in [1.165, 1.54) is 18.4 Å². The minimum Gasteiger partial charge on any atom is -0.493 e. The number of aromatic nitrogens is 2. The largest absolute Gasteiger partial charge is 0.493 e. The average Bonchev–Trinajstić information content (AvgIpc) is 3.53. The number of amides is 1. The molecule has 0 radical (unpaired) electrons. The molecule has 1 fully saturated rings. The highest BCUT2D eigenvalue weighted by Gasteiger charge is 2.34. The van der Waals surface area contributed by atoms with Crippen molar-refractivity contribution in [3.63, 3.8) is 0 Å². The summed E-state index contributed by atoms with van der Waals surface area (Å²) in [6.45, 7) is 7.71. The van der Waals surface area contributed by atoms with Crippen LogP contribution in [0.4, 0.5) is 5.69 Å². The van der Waals surface area contributed by atoms with E-state index in [4.69, 9.17) is 14.5 Å². The summed E-state index contributed by atoms with van der Waals surface area (Å²) in [7, 11) is 1.66. The SMILES string of the molecule is C=CCc1ccc(OCCn2c(C3CC(=O)N(c4ccc(CCCC)cc4)C3)nc3ccccc32)c(OC)c1. The molecule has 1 unspecified atom stereocenters. The number of unbranched alkanes of at least 4 members (excludes halogenated alkanes) is 1. The third kappa shape index (κ3) is 5.85. The summed E-state index contributed by atoms with van der Waals surface area (Å²) < 4.78 is 14.0. The summed E-state index contributed by atoms with van der Waals surface area (Å²) in [6, 6.07) is 22.6. The summed E-state index contributed by atoms with van der Waals surface area (Å²) in [5.41, 5.74) is 5.39. The topological polar surface area (TPSA) is 56.6 Å². The minimum atomic E-state index is 0.0115. The first kappa shape index (κ1) is 26.5. The van der Waals surface area contributed by atoms with Crippen molar-refractivity contribution in [3.05, 3.63) is 96.3 Å². The van der Waals surface area contributed by atoms with Crippen molar-refractivity contribution in [3.8, 4) is 11.5 Å². The molecule has 0 bridgehead atoms. The highest BCUT2D eigenvalue weighted by Crippen LogP contribution is 2.34. The Balaban J connectivity index is 1.33. The van der Waals surface area contributed by atoms with Crippen molar-refractivity contribution < 1.29 is 14.3 Å². The van der Waals surface area contributed by atoms with E-state index in [2.05, 4.69) is 48.4 Å². The Morgan fingerprint density at radius 2 is 1.85 bits per heavy atom. The zero-order chi connectivity index (χ0) is 27.2. The van der Waals surface area contributed by atoms with Crippen LogP contribution in [-0.2, 0) is 24.2 Å². The predicted octanol–water partition coefficient (Wildman–Crippen LogP) is 6.72. The van der Waals surface area contributed by atoms with Crippen LogP contribution < -0.4 is 14.4 Å². The molecule has 4 aromatic rings. The maximum Gasteiger partial charge on any atom is 0.227 e. The molecule has 1 aromatic heterocycles. The van der Waals surface area contributed by atoms with Crippen molar-refractivity contribution >= 4 is 22.6 Å². The lowest BCUT2D eigenvalue weighted by atomic mass is 10.1. The number of carbonyl (C=O) groups is 1. The number of fused-ring (bicyclic) bond motifs is 1. The van der Waals surface area contributed by atoms with Crippen molar-refractivity contribution in [2.75, 3.05) is 25.2 Å². The first-order valence-electron chi connectivity index (χ1n) is 13.9. The number of rotatable bonds is 12. The Morgan fingerprint density at radius 1 is 1.05 bits per heavy atom. The normalized spacial score (nSPS) is 15.2. The zero-order valence-corrected chi connectivity index (χ0v) is 22.9. The molecule has 1 atom stereocenters. The van der Waals surface area contributed by atoms with E-state index in [0.29, 0.717) is 37.6 Å². The Morgan fingerprint density at radius 3 is 2.62 bits per heavy atom. The van der Waals surface area contributed by atoms with Gasteiger partial charge in [0, 0.05) is 24.6 Å². The number of methoxy groups -OCH3 is 1. The third-order valence-electron chi connectivity index (χ3n) is 7.42. The summed E-state index contributed by atoms with van der Waals surface area (Å²) in [6.07, 6.45) is 6.53. The Bertz CT molecular complexity index is 1440. The maximum absolute atomic E-state index is 13.1. The van der Waals surface area contributed by atoms with Crippen molar-refractivity contribution in [1.29, 1.82) is 0 Å². The highest BCUT2D eigenvalue weighted by molar-refractivity contribution is 5.96. The van der Waals surface area contributed by atoms with Gasteiger partial charge in [-0.05, 0) is 66.8 Å². The standard InChI is InChI=1S/C33H37N3O3/c1-4-6-10-24-13-16-27(17-14-24)36-23-26(22-32(36)37)33-34-28-11-7-8-12-29(28)35(33)19-20-39-30-18-15-25(9-5-2)21-31(30)38-3/h5,7-8,11-18,21,26H,2,4,6,9-10,19-20,22-23H2,1,3H3. The third-order valence-corrected chi connectivity index (χ3v) is 7.42. The number of carbonyl (C=O) groups excluding carboxylic acids is 1. The van der Waals surface area contributed by atoms with Gasteiger partial charge >= 0.3 is 0 Å². The molecule has 202 valence electrons. The van der Waals surface area contributed by atoms with E-state index in [-0.39, 0.29) is 11.8 Å². The second-order valence-electron chi connectivity index (χ2n) is 10.1. The first-order chi connectivity index (χ1) is 19.1. The Kier molecular flexibility index (Phi) is 8.30. The van der Waals surface area contributed by atoms with Crippen LogP contribution in [0.25, 0.3) is 11.0 Å². The lowest BCUT2D eigenvalue weighted by Gasteiger charge is -2.18. The molecule has 0 aliphatic carbocycles. The predicted molar refractivity (Wildman–Crippen MR) is 157 cm³/mol. The molecule has 6 heteroatoms. The smallest absolute Gasteiger partial charge is 0.227 e. The summed E-state index contributed by atoms with van der Waals surface area (Å²) in [5, 5.41) is 0. The molecular formula is C33H37N3O3. The van der Waals surface area contributed by atoms with Gasteiger partial charge < -0.3 is 18.9 Å². The van der Waals surface area contributed by atoms with Crippen LogP contribution in [0.2, 0.25) is 0 Å². The second kappa shape index (κ2) is 12.2. The number of aryl methyl sites for hydroxylation is 1. The molecule has 1 aliphatic heterocycles. The number of benzene rings is 3. The maximum atomic E-state index is 13.1. The van der Waals surface area contributed by atoms with Crippen LogP contribution in [0.15, 0.2) is 79.4 Å². The van der Waals surface area contributed by atoms with Crippen LogP contribution in [-0.4, -0.2) is 35.7 Å². The van der Waals surface area contributed by atoms with E-state index in [0.717, 1.165) is 41.0 Å². The number of imidazole rings is 1. The van der Waals surface area contributed by atoms with E-state index in [1.54, 1.807) is 7.11 Å². The monoisotopic (exact) mass is 523 g/mol. The van der Waals surface area contributed by atoms with Gasteiger partial charge in [0.25, 0.3) is 0 Å². The molecule has 0 spiro atoms. The number of allylic oxidation sites excluding steroid dienone is 1. The first-order valence-corrected chi connectivity index (χ1v) is 13.9. The summed E-state index contributed by atoms with van der Waals surface area (Å²) in [5.74, 6) is 2.50. The van der Waals surface area contributed by atoms with E-state index < -0.39 is 0 Å². The molecule has 2 heterocycles. The van der Waals surface area contributed by atoms with Gasteiger partial charge in [-0.15, -0.1) is 6.58 Å². The summed E-state index contributed by atoms with van der Waals surface area (Å²) >= 11 is 0. The number of nitrogens with zero attached hydrogens (tertiary/aromatic N) is 3. The Labute approximate surface area is 230 Å². The fourth-order valence-electron chi connectivity index (χ4n) is 5.37. The van der Waals surface area contributed by atoms with E-state index >= 15 is 0 Å². The molecule has 1 amide bonds. The van der Waals surface area contributed by atoms with Crippen LogP contribution in [0, 0.1) is 0 Å². The van der Waals surface area contributed by atoms with Crippen LogP contribution in [0.5, 0.6) is 11.5 Å². The number of ether oxygens (including phenoxy) is 2. The molecule has 0 N–H and O–H groups in total. The quantitative estimate of drug-likeness (QED) is 0.194. The molecule has 39 heavy (non-hydrogen) atoms. The van der Waals surface area contributed by atoms with Gasteiger partial charge in [-0.2, -0.15) is 0 Å². The molecule has 5 rings (SSSR count). The molecule has 6 nitrogen and oxygen atoms in total. The van der Waals surface area contributed by atoms with Gasteiger partial charge in [-0.1, -0.05) is 49.8 Å². The fraction of sp³-hybridized carbons (Fsp3) is 0.333. The number of para-hydroxylation sites is 2. The molecule has 1 saturated heterocycles. The van der Waals surface area contributed by atoms with Crippen LogP contribution in [0.1, 0.15) is 49.1 Å². The van der Waals surface area contributed by atoms with Crippen molar-refractivity contribution in [2.45, 2.75) is 51.5 Å². The van der Waals surface area contributed by atoms with Crippen LogP contribution in [0.3, 0.4) is 0 Å². The van der Waals surface area contributed by atoms with E-state index in [1.807, 2.05) is 47.4 Å². The number of hydrogen-bond acceptors (Lipinski definition) is 4. The molecule has 0 saturated carbocycles. The lowest BCUT2D eigenvalue weighted by molar-refractivity contribution is -0.117. The highest BCUT2D eigenvalue weighted by atomic mass is 16.5. The summed E-state index contributed by atoms with van der Waals surface area (Å²) in [4.78, 5) is 20.0. The average molecular weight is 524 g/mol. The molecular weight excluding hydrogens is 486 g/mol. The fourth-order valence-corrected chi connectivity index (χ4v) is 5.37. The molecule has 1 aliphatic rings. The van der Waals surface area contributed by atoms with Gasteiger partial charge in [0.05, 0.1) is 24.7 Å². The minimum absolute atomic E-state index is 0.0115. The zero-order valence-electron chi connectivity index (χ0n) is 22.9. The number of anilines is 1. The van der Waals surface area contributed by atoms with Gasteiger partial charge in [-0.3, -0.25) is 4.79 Å². The second-order valence-corrected chi connectivity index (χ2v) is 10.1. The Hall–Kier alpha value is -4.06. The van der Waals surface area contributed by atoms with Gasteiger partial charge in [-0.25, -0.2) is 4.98 Å². The van der Waals surface area contributed by atoms with Crippen molar-refractivity contribution in [2.24, 2.45) is 0 Å². The lowest BCUT2D eigenvalue weighted by Crippen LogP contribution is -2.24. The van der Waals surface area contributed by atoms with Crippen LogP contribution >= 0.6 is 0 Å². The van der Waals surface area contributed by atoms with Crippen molar-refractivity contribution in [1.82, 2.24) is 9.55 Å². The van der Waals surface area contributed by atoms with Gasteiger partial charge in [0.15, 0.2) is 11.5 Å². The van der Waals surface area contributed by atoms with Gasteiger partial charge in [0.2, 0.25) is 5.91 Å².